The van der Waals surface area contributed by atoms with Crippen molar-refractivity contribution in [2.75, 3.05) is 31.1 Å². The normalized spacial score (nSPS) is 16.0. The molecule has 2 aromatic rings. The second-order valence-electron chi connectivity index (χ2n) is 6.21. The lowest BCUT2D eigenvalue weighted by molar-refractivity contribution is 0.249. The largest absolute Gasteiger partial charge is 0.369 e. The predicted octanol–water partition coefficient (Wildman–Crippen LogP) is 3.88. The fourth-order valence-electron chi connectivity index (χ4n) is 3.14. The number of anilines is 1. The molecule has 116 valence electrons. The minimum absolute atomic E-state index is 1.08. The van der Waals surface area contributed by atoms with Gasteiger partial charge in [0.05, 0.1) is 0 Å². The summed E-state index contributed by atoms with van der Waals surface area (Å²) in [6, 6.07) is 17.8. The van der Waals surface area contributed by atoms with Gasteiger partial charge >= 0.3 is 0 Å². The molecule has 1 fully saturated rings. The predicted molar refractivity (Wildman–Crippen MR) is 94.5 cm³/mol. The van der Waals surface area contributed by atoms with Crippen LogP contribution in [0.5, 0.6) is 0 Å². The third kappa shape index (κ3) is 3.50. The molecule has 0 amide bonds. The van der Waals surface area contributed by atoms with Crippen LogP contribution in [0, 0.1) is 6.92 Å². The summed E-state index contributed by atoms with van der Waals surface area (Å²) < 4.78 is 0. The van der Waals surface area contributed by atoms with Gasteiger partial charge in [-0.15, -0.1) is 0 Å². The van der Waals surface area contributed by atoms with E-state index in [1.165, 1.54) is 22.4 Å². The topological polar surface area (TPSA) is 6.48 Å². The first-order valence-electron chi connectivity index (χ1n) is 8.37. The molecule has 0 saturated carbocycles. The molecule has 1 aliphatic heterocycles. The summed E-state index contributed by atoms with van der Waals surface area (Å²) in [4.78, 5) is 5.08. The van der Waals surface area contributed by atoms with Crippen LogP contribution < -0.4 is 4.90 Å². The minimum Gasteiger partial charge on any atom is -0.369 e. The molecule has 0 aliphatic carbocycles. The van der Waals surface area contributed by atoms with E-state index in [4.69, 9.17) is 0 Å². The fourth-order valence-corrected chi connectivity index (χ4v) is 3.14. The second-order valence-corrected chi connectivity index (χ2v) is 6.21. The van der Waals surface area contributed by atoms with E-state index in [9.17, 15) is 0 Å². The van der Waals surface area contributed by atoms with E-state index in [0.717, 1.165) is 39.1 Å². The van der Waals surface area contributed by atoms with Crippen molar-refractivity contribution in [3.63, 3.8) is 0 Å². The van der Waals surface area contributed by atoms with Crippen molar-refractivity contribution in [1.82, 2.24) is 4.90 Å². The van der Waals surface area contributed by atoms with Gasteiger partial charge in [0.25, 0.3) is 0 Å². The maximum atomic E-state index is 2.57. The number of aryl methyl sites for hydroxylation is 2. The number of rotatable bonds is 4. The van der Waals surface area contributed by atoms with Gasteiger partial charge in [0.2, 0.25) is 0 Å². The maximum Gasteiger partial charge on any atom is 0.0367 e. The number of nitrogens with zero attached hydrogens (tertiary/aromatic N) is 2. The molecular weight excluding hydrogens is 268 g/mol. The van der Waals surface area contributed by atoms with E-state index in [1.807, 2.05) is 0 Å². The Hall–Kier alpha value is -1.80. The van der Waals surface area contributed by atoms with Crippen LogP contribution in [0.15, 0.2) is 48.5 Å². The van der Waals surface area contributed by atoms with Crippen LogP contribution in [0.3, 0.4) is 0 Å². The highest BCUT2D eigenvalue weighted by Crippen LogP contribution is 2.19. The van der Waals surface area contributed by atoms with Gasteiger partial charge in [0.15, 0.2) is 0 Å². The summed E-state index contributed by atoms with van der Waals surface area (Å²) >= 11 is 0. The zero-order valence-corrected chi connectivity index (χ0v) is 13.8. The molecule has 2 aromatic carbocycles. The standard InChI is InChI=1S/C20H26N2/c1-3-18-8-10-20(11-9-18)22-14-12-21(13-15-22)16-19-7-5-4-6-17(19)2/h4-11H,3,12-16H2,1-2H3. The molecule has 0 radical (unpaired) electrons. The maximum absolute atomic E-state index is 2.57. The average Bonchev–Trinajstić information content (AvgIpc) is 2.58. The Morgan fingerprint density at radius 2 is 1.55 bits per heavy atom. The Bertz CT molecular complexity index is 595. The monoisotopic (exact) mass is 294 g/mol. The lowest BCUT2D eigenvalue weighted by Crippen LogP contribution is -2.46. The van der Waals surface area contributed by atoms with Crippen LogP contribution in [0.4, 0.5) is 5.69 Å². The van der Waals surface area contributed by atoms with Crippen molar-refractivity contribution in [3.8, 4) is 0 Å². The van der Waals surface area contributed by atoms with Crippen molar-refractivity contribution in [3.05, 3.63) is 65.2 Å². The average molecular weight is 294 g/mol. The molecule has 1 aliphatic rings. The van der Waals surface area contributed by atoms with Crippen LogP contribution in [-0.4, -0.2) is 31.1 Å². The van der Waals surface area contributed by atoms with Crippen molar-refractivity contribution in [2.24, 2.45) is 0 Å². The molecule has 2 heteroatoms. The van der Waals surface area contributed by atoms with Crippen LogP contribution in [0.1, 0.15) is 23.6 Å². The zero-order valence-electron chi connectivity index (χ0n) is 13.8. The van der Waals surface area contributed by atoms with Gasteiger partial charge in [-0.05, 0) is 42.2 Å². The van der Waals surface area contributed by atoms with Crippen LogP contribution in [0.25, 0.3) is 0 Å². The van der Waals surface area contributed by atoms with Gasteiger partial charge in [-0.2, -0.15) is 0 Å². The van der Waals surface area contributed by atoms with E-state index in [0.29, 0.717) is 0 Å². The van der Waals surface area contributed by atoms with Gasteiger partial charge in [-0.25, -0.2) is 0 Å². The van der Waals surface area contributed by atoms with Crippen molar-refractivity contribution < 1.29 is 0 Å². The van der Waals surface area contributed by atoms with Gasteiger partial charge in [0, 0.05) is 38.4 Å². The Balaban J connectivity index is 1.57. The molecule has 2 nitrogen and oxygen atoms in total. The lowest BCUT2D eigenvalue weighted by atomic mass is 10.1. The Labute approximate surface area is 134 Å². The summed E-state index contributed by atoms with van der Waals surface area (Å²) in [5.74, 6) is 0. The van der Waals surface area contributed by atoms with Crippen molar-refractivity contribution in [2.45, 2.75) is 26.8 Å². The van der Waals surface area contributed by atoms with E-state index < -0.39 is 0 Å². The molecule has 1 heterocycles. The minimum atomic E-state index is 1.08. The zero-order chi connectivity index (χ0) is 15.4. The fraction of sp³-hybridized carbons (Fsp3) is 0.400. The molecule has 0 bridgehead atoms. The molecule has 22 heavy (non-hydrogen) atoms. The summed E-state index contributed by atoms with van der Waals surface area (Å²) in [6.45, 7) is 10.0. The third-order valence-corrected chi connectivity index (χ3v) is 4.74. The summed E-state index contributed by atoms with van der Waals surface area (Å²) in [7, 11) is 0. The number of hydrogen-bond donors (Lipinski definition) is 0. The van der Waals surface area contributed by atoms with E-state index in [1.54, 1.807) is 0 Å². The third-order valence-electron chi connectivity index (χ3n) is 4.74. The van der Waals surface area contributed by atoms with E-state index >= 15 is 0 Å². The SMILES string of the molecule is CCc1ccc(N2CCN(Cc3ccccc3C)CC2)cc1. The first-order chi connectivity index (χ1) is 10.8. The Kier molecular flexibility index (Phi) is 4.79. The van der Waals surface area contributed by atoms with Gasteiger partial charge in [-0.3, -0.25) is 4.90 Å². The molecule has 1 saturated heterocycles. The van der Waals surface area contributed by atoms with Crippen LogP contribution >= 0.6 is 0 Å². The molecule has 3 rings (SSSR count). The molecule has 0 aromatic heterocycles. The molecule has 0 N–H and O–H groups in total. The summed E-state index contributed by atoms with van der Waals surface area (Å²) in [5, 5.41) is 0. The Morgan fingerprint density at radius 1 is 0.864 bits per heavy atom. The quantitative estimate of drug-likeness (QED) is 0.844. The molecule has 0 unspecified atom stereocenters. The first kappa shape index (κ1) is 15.1. The van der Waals surface area contributed by atoms with Gasteiger partial charge in [-0.1, -0.05) is 43.3 Å². The lowest BCUT2D eigenvalue weighted by Gasteiger charge is -2.36. The molecule has 0 spiro atoms. The number of piperazine rings is 1. The highest BCUT2D eigenvalue weighted by atomic mass is 15.3. The highest BCUT2D eigenvalue weighted by Gasteiger charge is 2.17. The number of hydrogen-bond acceptors (Lipinski definition) is 2. The molecule has 0 atom stereocenters. The van der Waals surface area contributed by atoms with Gasteiger partial charge < -0.3 is 4.90 Å². The molecular formula is C20H26N2. The smallest absolute Gasteiger partial charge is 0.0367 e. The summed E-state index contributed by atoms with van der Waals surface area (Å²) in [5.41, 5.74) is 5.65. The van der Waals surface area contributed by atoms with Crippen LogP contribution in [0.2, 0.25) is 0 Å². The second kappa shape index (κ2) is 6.97. The van der Waals surface area contributed by atoms with Gasteiger partial charge in [0.1, 0.15) is 0 Å². The summed E-state index contributed by atoms with van der Waals surface area (Å²) in [6.07, 6.45) is 1.12. The Morgan fingerprint density at radius 3 is 2.18 bits per heavy atom. The van der Waals surface area contributed by atoms with Crippen LogP contribution in [-0.2, 0) is 13.0 Å². The highest BCUT2D eigenvalue weighted by molar-refractivity contribution is 5.48. The van der Waals surface area contributed by atoms with Crippen molar-refractivity contribution >= 4 is 5.69 Å². The first-order valence-corrected chi connectivity index (χ1v) is 8.37. The van der Waals surface area contributed by atoms with E-state index in [2.05, 4.69) is 72.2 Å². The number of benzene rings is 2. The van der Waals surface area contributed by atoms with Crippen molar-refractivity contribution in [1.29, 1.82) is 0 Å². The van der Waals surface area contributed by atoms with E-state index in [-0.39, 0.29) is 0 Å².